The molecule has 148 valence electrons. The van der Waals surface area contributed by atoms with Crippen LogP contribution in [0, 0.1) is 5.82 Å². The molecule has 0 aliphatic heterocycles. The average molecular weight is 411 g/mol. The lowest BCUT2D eigenvalue weighted by Crippen LogP contribution is -2.24. The van der Waals surface area contributed by atoms with E-state index in [-0.39, 0.29) is 28.2 Å². The van der Waals surface area contributed by atoms with Crippen LogP contribution in [0.4, 0.5) is 15.9 Å². The highest BCUT2D eigenvalue weighted by Gasteiger charge is 2.14. The molecule has 9 heteroatoms. The molecule has 4 N–H and O–H groups in total. The Bertz CT molecular complexity index is 1000. The van der Waals surface area contributed by atoms with Gasteiger partial charge >= 0.3 is 0 Å². The Morgan fingerprint density at radius 1 is 1.07 bits per heavy atom. The number of thioether (sulfide) groups is 1. The molecule has 0 saturated heterocycles. The standard InChI is InChI=1S/C20H18FN5O2S/c21-14-6-8-15(9-7-14)25-19(28)16-11-24-20(26-18(16)22)29-12-17(27)23-10-13-4-2-1-3-5-13/h1-9,11H,10,12H2,(H,23,27)(H,25,28)(H2,22,24,26). The zero-order chi connectivity index (χ0) is 20.6. The van der Waals surface area contributed by atoms with Gasteiger partial charge in [0.25, 0.3) is 5.91 Å². The number of halogens is 1. The van der Waals surface area contributed by atoms with Crippen LogP contribution in [0.25, 0.3) is 0 Å². The first-order valence-electron chi connectivity index (χ1n) is 8.64. The molecule has 0 saturated carbocycles. The number of carbonyl (C=O) groups is 2. The van der Waals surface area contributed by atoms with Crippen molar-refractivity contribution in [3.8, 4) is 0 Å². The van der Waals surface area contributed by atoms with E-state index in [0.717, 1.165) is 17.3 Å². The highest BCUT2D eigenvalue weighted by atomic mass is 32.2. The molecule has 2 aromatic carbocycles. The highest BCUT2D eigenvalue weighted by molar-refractivity contribution is 7.99. The van der Waals surface area contributed by atoms with E-state index in [2.05, 4.69) is 20.6 Å². The fraction of sp³-hybridized carbons (Fsp3) is 0.100. The molecule has 0 atom stereocenters. The van der Waals surface area contributed by atoms with Crippen LogP contribution in [-0.4, -0.2) is 27.5 Å². The molecule has 0 aliphatic carbocycles. The molecule has 1 aromatic heterocycles. The van der Waals surface area contributed by atoms with Crippen molar-refractivity contribution >= 4 is 35.1 Å². The van der Waals surface area contributed by atoms with Crippen molar-refractivity contribution < 1.29 is 14.0 Å². The van der Waals surface area contributed by atoms with Crippen molar-refractivity contribution in [1.29, 1.82) is 0 Å². The predicted octanol–water partition coefficient (Wildman–Crippen LogP) is 2.86. The van der Waals surface area contributed by atoms with E-state index < -0.39 is 11.7 Å². The Morgan fingerprint density at radius 3 is 2.48 bits per heavy atom. The number of amides is 2. The number of hydrogen-bond acceptors (Lipinski definition) is 6. The average Bonchev–Trinajstić information content (AvgIpc) is 2.73. The van der Waals surface area contributed by atoms with Gasteiger partial charge in [0.05, 0.1) is 5.75 Å². The van der Waals surface area contributed by atoms with Gasteiger partial charge in [0.1, 0.15) is 17.2 Å². The minimum Gasteiger partial charge on any atom is -0.383 e. The van der Waals surface area contributed by atoms with Gasteiger partial charge in [0.15, 0.2) is 5.16 Å². The third-order valence-corrected chi connectivity index (χ3v) is 4.67. The van der Waals surface area contributed by atoms with Crippen LogP contribution in [0.2, 0.25) is 0 Å². The van der Waals surface area contributed by atoms with Crippen LogP contribution >= 0.6 is 11.8 Å². The summed E-state index contributed by atoms with van der Waals surface area (Å²) in [5, 5.41) is 5.69. The Hall–Kier alpha value is -3.46. The van der Waals surface area contributed by atoms with Crippen molar-refractivity contribution in [2.45, 2.75) is 11.7 Å². The van der Waals surface area contributed by atoms with E-state index in [1.54, 1.807) is 0 Å². The summed E-state index contributed by atoms with van der Waals surface area (Å²) in [4.78, 5) is 32.4. The molecule has 1 heterocycles. The molecular formula is C20H18FN5O2S. The summed E-state index contributed by atoms with van der Waals surface area (Å²) in [5.41, 5.74) is 7.37. The maximum Gasteiger partial charge on any atom is 0.260 e. The molecular weight excluding hydrogens is 393 g/mol. The van der Waals surface area contributed by atoms with Crippen LogP contribution in [0.3, 0.4) is 0 Å². The van der Waals surface area contributed by atoms with E-state index in [1.807, 2.05) is 30.3 Å². The maximum absolute atomic E-state index is 12.9. The fourth-order valence-electron chi connectivity index (χ4n) is 2.33. The summed E-state index contributed by atoms with van der Waals surface area (Å²) < 4.78 is 12.9. The number of aromatic nitrogens is 2. The molecule has 7 nitrogen and oxygen atoms in total. The first kappa shape index (κ1) is 20.3. The van der Waals surface area contributed by atoms with Gasteiger partial charge in [0, 0.05) is 18.4 Å². The Labute approximate surface area is 170 Å². The molecule has 0 unspecified atom stereocenters. The van der Waals surface area contributed by atoms with E-state index in [1.165, 1.54) is 30.5 Å². The number of anilines is 2. The smallest absolute Gasteiger partial charge is 0.260 e. The SMILES string of the molecule is Nc1nc(SCC(=O)NCc2ccccc2)ncc1C(=O)Nc1ccc(F)cc1. The number of nitrogens with zero attached hydrogens (tertiary/aromatic N) is 2. The van der Waals surface area contributed by atoms with Crippen molar-refractivity contribution in [3.63, 3.8) is 0 Å². The minimum absolute atomic E-state index is 0.00759. The van der Waals surface area contributed by atoms with Gasteiger partial charge < -0.3 is 16.4 Å². The summed E-state index contributed by atoms with van der Waals surface area (Å²) in [6, 6.07) is 14.9. The summed E-state index contributed by atoms with van der Waals surface area (Å²) in [6.45, 7) is 0.436. The number of nitrogens with two attached hydrogens (primary N) is 1. The van der Waals surface area contributed by atoms with Crippen LogP contribution in [-0.2, 0) is 11.3 Å². The molecule has 3 aromatic rings. The molecule has 0 spiro atoms. The Morgan fingerprint density at radius 2 is 1.79 bits per heavy atom. The second-order valence-corrected chi connectivity index (χ2v) is 6.91. The van der Waals surface area contributed by atoms with Gasteiger partial charge in [-0.1, -0.05) is 42.1 Å². The predicted molar refractivity (Wildman–Crippen MR) is 110 cm³/mol. The lowest BCUT2D eigenvalue weighted by atomic mass is 10.2. The Balaban J connectivity index is 1.52. The van der Waals surface area contributed by atoms with Crippen LogP contribution in [0.1, 0.15) is 15.9 Å². The molecule has 2 amide bonds. The van der Waals surface area contributed by atoms with Crippen molar-refractivity contribution in [1.82, 2.24) is 15.3 Å². The maximum atomic E-state index is 12.9. The van der Waals surface area contributed by atoms with Gasteiger partial charge in [-0.05, 0) is 29.8 Å². The minimum atomic E-state index is -0.508. The molecule has 0 radical (unpaired) electrons. The molecule has 0 aliphatic rings. The number of nitrogens with one attached hydrogen (secondary N) is 2. The number of benzene rings is 2. The van der Waals surface area contributed by atoms with Crippen LogP contribution in [0.15, 0.2) is 66.0 Å². The van der Waals surface area contributed by atoms with E-state index in [9.17, 15) is 14.0 Å². The fourth-order valence-corrected chi connectivity index (χ4v) is 2.98. The third kappa shape index (κ3) is 6.01. The van der Waals surface area contributed by atoms with Crippen molar-refractivity contribution in [2.75, 3.05) is 16.8 Å². The molecule has 3 rings (SSSR count). The second kappa shape index (κ2) is 9.65. The van der Waals surface area contributed by atoms with Crippen molar-refractivity contribution in [3.05, 3.63) is 77.7 Å². The number of carbonyl (C=O) groups excluding carboxylic acids is 2. The summed E-state index contributed by atoms with van der Waals surface area (Å²) in [5.74, 6) is -0.967. The van der Waals surface area contributed by atoms with E-state index in [4.69, 9.17) is 5.73 Å². The molecule has 0 bridgehead atoms. The number of hydrogen-bond donors (Lipinski definition) is 3. The monoisotopic (exact) mass is 411 g/mol. The third-order valence-electron chi connectivity index (χ3n) is 3.81. The summed E-state index contributed by atoms with van der Waals surface area (Å²) in [7, 11) is 0. The summed E-state index contributed by atoms with van der Waals surface area (Å²) in [6.07, 6.45) is 1.30. The summed E-state index contributed by atoms with van der Waals surface area (Å²) >= 11 is 1.12. The largest absolute Gasteiger partial charge is 0.383 e. The first-order valence-corrected chi connectivity index (χ1v) is 9.62. The molecule has 29 heavy (non-hydrogen) atoms. The topological polar surface area (TPSA) is 110 Å². The lowest BCUT2D eigenvalue weighted by Gasteiger charge is -2.08. The quantitative estimate of drug-likeness (QED) is 0.407. The van der Waals surface area contributed by atoms with Gasteiger partial charge in [-0.2, -0.15) is 0 Å². The van der Waals surface area contributed by atoms with Gasteiger partial charge in [0.2, 0.25) is 5.91 Å². The zero-order valence-electron chi connectivity index (χ0n) is 15.3. The zero-order valence-corrected chi connectivity index (χ0v) is 16.1. The van der Waals surface area contributed by atoms with E-state index in [0.29, 0.717) is 12.2 Å². The highest BCUT2D eigenvalue weighted by Crippen LogP contribution is 2.18. The van der Waals surface area contributed by atoms with Gasteiger partial charge in [-0.3, -0.25) is 9.59 Å². The second-order valence-electron chi connectivity index (χ2n) is 5.96. The lowest BCUT2D eigenvalue weighted by molar-refractivity contribution is -0.118. The first-order chi connectivity index (χ1) is 14.0. The number of rotatable bonds is 7. The normalized spacial score (nSPS) is 10.4. The van der Waals surface area contributed by atoms with E-state index >= 15 is 0 Å². The number of nitrogen functional groups attached to an aromatic ring is 1. The Kier molecular flexibility index (Phi) is 6.75. The van der Waals surface area contributed by atoms with Crippen LogP contribution < -0.4 is 16.4 Å². The van der Waals surface area contributed by atoms with Crippen molar-refractivity contribution in [2.24, 2.45) is 0 Å². The van der Waals surface area contributed by atoms with Crippen LogP contribution in [0.5, 0.6) is 0 Å². The van der Waals surface area contributed by atoms with Gasteiger partial charge in [-0.25, -0.2) is 14.4 Å². The molecule has 0 fully saturated rings. The van der Waals surface area contributed by atoms with Gasteiger partial charge in [-0.15, -0.1) is 0 Å².